The minimum absolute atomic E-state index is 0.742. The number of hydrogen-bond acceptors (Lipinski definition) is 1. The monoisotopic (exact) mass is 328 g/mol. The Hall–Kier alpha value is -2.84. The van der Waals surface area contributed by atoms with Crippen molar-refractivity contribution in [1.82, 2.24) is 9.38 Å². The quantitative estimate of drug-likeness (QED) is 0.371. The van der Waals surface area contributed by atoms with E-state index in [1.54, 1.807) is 0 Å². The SMILES string of the molecule is Clc1ccc(-c2cc3ccccc3c3nc4ccccc4n23)cc1. The summed E-state index contributed by atoms with van der Waals surface area (Å²) in [4.78, 5) is 4.88. The van der Waals surface area contributed by atoms with Crippen molar-refractivity contribution in [3.63, 3.8) is 0 Å². The highest BCUT2D eigenvalue weighted by Crippen LogP contribution is 2.32. The smallest absolute Gasteiger partial charge is 0.146 e. The van der Waals surface area contributed by atoms with Gasteiger partial charge in [0, 0.05) is 10.4 Å². The van der Waals surface area contributed by atoms with E-state index in [0.29, 0.717) is 0 Å². The zero-order chi connectivity index (χ0) is 16.1. The molecule has 24 heavy (non-hydrogen) atoms. The van der Waals surface area contributed by atoms with E-state index in [1.165, 1.54) is 5.39 Å². The minimum Gasteiger partial charge on any atom is -0.292 e. The van der Waals surface area contributed by atoms with Crippen LogP contribution in [0.15, 0.2) is 78.9 Å². The Balaban J connectivity index is 2.01. The second-order valence-electron chi connectivity index (χ2n) is 5.88. The molecule has 0 unspecified atom stereocenters. The lowest BCUT2D eigenvalue weighted by atomic mass is 10.1. The van der Waals surface area contributed by atoms with Crippen LogP contribution in [0, 0.1) is 0 Å². The number of aromatic nitrogens is 2. The Morgan fingerprint density at radius 1 is 0.792 bits per heavy atom. The van der Waals surface area contributed by atoms with Crippen LogP contribution in [0.4, 0.5) is 0 Å². The van der Waals surface area contributed by atoms with Crippen LogP contribution in [0.1, 0.15) is 0 Å². The van der Waals surface area contributed by atoms with Crippen molar-refractivity contribution in [2.45, 2.75) is 0 Å². The molecule has 0 bridgehead atoms. The summed E-state index contributed by atoms with van der Waals surface area (Å²) in [6, 6.07) is 26.8. The maximum Gasteiger partial charge on any atom is 0.146 e. The lowest BCUT2D eigenvalue weighted by Gasteiger charge is -2.10. The predicted octanol–water partition coefficient (Wildman–Crippen LogP) is 5.96. The molecule has 0 aliphatic carbocycles. The second-order valence-corrected chi connectivity index (χ2v) is 6.32. The topological polar surface area (TPSA) is 17.3 Å². The summed E-state index contributed by atoms with van der Waals surface area (Å²) in [5.74, 6) is 0. The number of benzene rings is 3. The molecular weight excluding hydrogens is 316 g/mol. The molecule has 2 heterocycles. The van der Waals surface area contributed by atoms with Crippen molar-refractivity contribution in [3.05, 3.63) is 83.9 Å². The highest BCUT2D eigenvalue weighted by Gasteiger charge is 2.13. The Morgan fingerprint density at radius 2 is 1.54 bits per heavy atom. The summed E-state index contributed by atoms with van der Waals surface area (Å²) < 4.78 is 2.24. The predicted molar refractivity (Wildman–Crippen MR) is 101 cm³/mol. The number of para-hydroxylation sites is 2. The van der Waals surface area contributed by atoms with Crippen LogP contribution in [0.25, 0.3) is 38.7 Å². The summed E-state index contributed by atoms with van der Waals surface area (Å²) in [7, 11) is 0. The van der Waals surface area contributed by atoms with Crippen molar-refractivity contribution in [1.29, 1.82) is 0 Å². The van der Waals surface area contributed by atoms with E-state index in [1.807, 2.05) is 18.2 Å². The third kappa shape index (κ3) is 1.93. The fraction of sp³-hybridized carbons (Fsp3) is 0. The largest absolute Gasteiger partial charge is 0.292 e. The Bertz CT molecular complexity index is 1200. The lowest BCUT2D eigenvalue weighted by molar-refractivity contribution is 1.25. The Kier molecular flexibility index (Phi) is 2.88. The first-order chi connectivity index (χ1) is 11.8. The van der Waals surface area contributed by atoms with Crippen molar-refractivity contribution in [2.24, 2.45) is 0 Å². The van der Waals surface area contributed by atoms with Gasteiger partial charge in [-0.3, -0.25) is 4.40 Å². The Labute approximate surface area is 143 Å². The van der Waals surface area contributed by atoms with Crippen LogP contribution < -0.4 is 0 Å². The highest BCUT2D eigenvalue weighted by atomic mass is 35.5. The number of rotatable bonds is 1. The van der Waals surface area contributed by atoms with Crippen molar-refractivity contribution < 1.29 is 0 Å². The molecule has 0 amide bonds. The summed E-state index contributed by atoms with van der Waals surface area (Å²) in [5, 5.41) is 3.09. The third-order valence-corrected chi connectivity index (χ3v) is 4.69. The van der Waals surface area contributed by atoms with E-state index >= 15 is 0 Å². The van der Waals surface area contributed by atoms with Gasteiger partial charge in [-0.2, -0.15) is 0 Å². The molecule has 114 valence electrons. The molecule has 5 aromatic rings. The van der Waals surface area contributed by atoms with Crippen LogP contribution in [-0.2, 0) is 0 Å². The standard InChI is InChI=1S/C21H13ClN2/c22-16-11-9-14(10-12-16)20-13-15-5-1-2-6-17(15)21-23-18-7-3-4-8-19(18)24(20)21/h1-13H. The molecule has 0 spiro atoms. The molecule has 3 aromatic carbocycles. The molecule has 0 saturated heterocycles. The van der Waals surface area contributed by atoms with Gasteiger partial charge in [0.25, 0.3) is 0 Å². The van der Waals surface area contributed by atoms with E-state index in [2.05, 4.69) is 65.1 Å². The summed E-state index contributed by atoms with van der Waals surface area (Å²) in [5.41, 5.74) is 5.35. The molecule has 0 N–H and O–H groups in total. The van der Waals surface area contributed by atoms with Crippen LogP contribution in [0.3, 0.4) is 0 Å². The number of halogens is 1. The fourth-order valence-electron chi connectivity index (χ4n) is 3.32. The number of nitrogens with zero attached hydrogens (tertiary/aromatic N) is 2. The van der Waals surface area contributed by atoms with Crippen LogP contribution >= 0.6 is 11.6 Å². The van der Waals surface area contributed by atoms with E-state index < -0.39 is 0 Å². The molecule has 0 aliphatic rings. The molecular formula is C21H13ClN2. The molecule has 2 nitrogen and oxygen atoms in total. The zero-order valence-corrected chi connectivity index (χ0v) is 13.5. The van der Waals surface area contributed by atoms with Crippen LogP contribution in [0.2, 0.25) is 5.02 Å². The van der Waals surface area contributed by atoms with E-state index in [9.17, 15) is 0 Å². The van der Waals surface area contributed by atoms with Crippen LogP contribution in [0.5, 0.6) is 0 Å². The van der Waals surface area contributed by atoms with Gasteiger partial charge >= 0.3 is 0 Å². The van der Waals surface area contributed by atoms with Gasteiger partial charge in [0.15, 0.2) is 0 Å². The first-order valence-electron chi connectivity index (χ1n) is 7.86. The van der Waals surface area contributed by atoms with E-state index in [4.69, 9.17) is 16.6 Å². The van der Waals surface area contributed by atoms with Crippen molar-refractivity contribution in [2.75, 3.05) is 0 Å². The van der Waals surface area contributed by atoms with Crippen molar-refractivity contribution >= 4 is 39.1 Å². The maximum atomic E-state index is 6.07. The number of fused-ring (bicyclic) bond motifs is 5. The minimum atomic E-state index is 0.742. The van der Waals surface area contributed by atoms with Gasteiger partial charge in [-0.1, -0.05) is 60.1 Å². The van der Waals surface area contributed by atoms with Crippen LogP contribution in [-0.4, -0.2) is 9.38 Å². The van der Waals surface area contributed by atoms with Gasteiger partial charge in [0.1, 0.15) is 5.65 Å². The molecule has 2 aromatic heterocycles. The molecule has 5 rings (SSSR count). The fourth-order valence-corrected chi connectivity index (χ4v) is 3.45. The van der Waals surface area contributed by atoms with Gasteiger partial charge in [0.05, 0.1) is 16.7 Å². The van der Waals surface area contributed by atoms with Gasteiger partial charge in [-0.25, -0.2) is 4.98 Å². The summed E-state index contributed by atoms with van der Waals surface area (Å²) in [6.07, 6.45) is 0. The molecule has 0 aliphatic heterocycles. The normalized spacial score (nSPS) is 11.5. The van der Waals surface area contributed by atoms with E-state index in [0.717, 1.165) is 38.3 Å². The maximum absolute atomic E-state index is 6.07. The van der Waals surface area contributed by atoms with Gasteiger partial charge < -0.3 is 0 Å². The van der Waals surface area contributed by atoms with Gasteiger partial charge in [-0.15, -0.1) is 0 Å². The summed E-state index contributed by atoms with van der Waals surface area (Å²) >= 11 is 6.07. The number of imidazole rings is 1. The lowest BCUT2D eigenvalue weighted by Crippen LogP contribution is -1.93. The van der Waals surface area contributed by atoms with Gasteiger partial charge in [-0.05, 0) is 41.3 Å². The average Bonchev–Trinajstić information content (AvgIpc) is 3.02. The number of pyridine rings is 1. The molecule has 0 fully saturated rings. The van der Waals surface area contributed by atoms with Crippen molar-refractivity contribution in [3.8, 4) is 11.3 Å². The van der Waals surface area contributed by atoms with Gasteiger partial charge in [0.2, 0.25) is 0 Å². The molecule has 3 heteroatoms. The molecule has 0 radical (unpaired) electrons. The molecule has 0 saturated carbocycles. The molecule has 0 atom stereocenters. The Morgan fingerprint density at radius 3 is 2.42 bits per heavy atom. The average molecular weight is 329 g/mol. The first kappa shape index (κ1) is 13.6. The zero-order valence-electron chi connectivity index (χ0n) is 12.8. The second kappa shape index (κ2) is 5.08. The highest BCUT2D eigenvalue weighted by molar-refractivity contribution is 6.30. The van der Waals surface area contributed by atoms with E-state index in [-0.39, 0.29) is 0 Å². The number of hydrogen-bond donors (Lipinski definition) is 0. The first-order valence-corrected chi connectivity index (χ1v) is 8.24. The summed E-state index contributed by atoms with van der Waals surface area (Å²) in [6.45, 7) is 0. The third-order valence-electron chi connectivity index (χ3n) is 4.44.